The molecule has 1 rings (SSSR count). The van der Waals surface area contributed by atoms with E-state index in [1.807, 2.05) is 30.3 Å². The minimum atomic E-state index is -1.04. The molecule has 2 amide bonds. The number of nitrogens with zero attached hydrogens (tertiary/aromatic N) is 1. The highest BCUT2D eigenvalue weighted by Gasteiger charge is 2.15. The number of aryl methyl sites for hydroxylation is 1. The molecule has 0 aromatic heterocycles. The Hall–Kier alpha value is -2.08. The molecule has 0 saturated heterocycles. The molecule has 6 heteroatoms. The lowest BCUT2D eigenvalue weighted by atomic mass is 10.1. The molecule has 6 nitrogen and oxygen atoms in total. The van der Waals surface area contributed by atoms with E-state index in [0.29, 0.717) is 13.2 Å². The summed E-state index contributed by atoms with van der Waals surface area (Å²) in [7, 11) is 1.51. The van der Waals surface area contributed by atoms with Gasteiger partial charge >= 0.3 is 12.0 Å². The lowest BCUT2D eigenvalue weighted by Gasteiger charge is -2.20. The van der Waals surface area contributed by atoms with E-state index in [2.05, 4.69) is 5.32 Å². The summed E-state index contributed by atoms with van der Waals surface area (Å²) in [6, 6.07) is 9.63. The van der Waals surface area contributed by atoms with Gasteiger partial charge in [-0.3, -0.25) is 4.79 Å². The van der Waals surface area contributed by atoms with Crippen molar-refractivity contribution in [3.63, 3.8) is 0 Å². The number of methoxy groups -OCH3 is 1. The number of hydrogen-bond acceptors (Lipinski definition) is 3. The van der Waals surface area contributed by atoms with Crippen LogP contribution in [0.5, 0.6) is 0 Å². The number of carbonyl (C=O) groups excluding carboxylic acids is 1. The lowest BCUT2D eigenvalue weighted by Crippen LogP contribution is -2.44. The van der Waals surface area contributed by atoms with Crippen molar-refractivity contribution >= 4 is 12.0 Å². The summed E-state index contributed by atoms with van der Waals surface area (Å²) < 4.78 is 4.87. The number of carboxylic acids is 1. The van der Waals surface area contributed by atoms with E-state index in [4.69, 9.17) is 9.84 Å². The van der Waals surface area contributed by atoms with Crippen LogP contribution in [0.15, 0.2) is 30.3 Å². The first-order valence-corrected chi connectivity index (χ1v) is 6.91. The quantitative estimate of drug-likeness (QED) is 0.674. The molecule has 0 atom stereocenters. The van der Waals surface area contributed by atoms with E-state index in [1.54, 1.807) is 0 Å². The topological polar surface area (TPSA) is 78.9 Å². The predicted octanol–water partition coefficient (Wildman–Crippen LogP) is 1.36. The number of aliphatic carboxylic acids is 1. The van der Waals surface area contributed by atoms with Gasteiger partial charge in [0.25, 0.3) is 0 Å². The van der Waals surface area contributed by atoms with Crippen LogP contribution >= 0.6 is 0 Å². The van der Waals surface area contributed by atoms with Crippen LogP contribution in [0.4, 0.5) is 4.79 Å². The fourth-order valence-corrected chi connectivity index (χ4v) is 1.86. The van der Waals surface area contributed by atoms with Gasteiger partial charge in [0.15, 0.2) is 0 Å². The summed E-state index contributed by atoms with van der Waals surface area (Å²) in [6.07, 6.45) is 1.68. The number of nitrogens with one attached hydrogen (secondary N) is 1. The number of carbonyl (C=O) groups is 2. The molecule has 0 radical (unpaired) electrons. The first-order chi connectivity index (χ1) is 10.1. The van der Waals surface area contributed by atoms with E-state index in [1.165, 1.54) is 17.6 Å². The van der Waals surface area contributed by atoms with Crippen LogP contribution in [-0.4, -0.2) is 55.4 Å². The molecule has 116 valence electrons. The van der Waals surface area contributed by atoms with Crippen LogP contribution in [0, 0.1) is 0 Å². The van der Waals surface area contributed by atoms with Gasteiger partial charge in [-0.1, -0.05) is 30.3 Å². The van der Waals surface area contributed by atoms with E-state index < -0.39 is 5.97 Å². The zero-order valence-corrected chi connectivity index (χ0v) is 12.2. The lowest BCUT2D eigenvalue weighted by molar-refractivity contribution is -0.137. The predicted molar refractivity (Wildman–Crippen MR) is 79.2 cm³/mol. The maximum atomic E-state index is 11.9. The second kappa shape index (κ2) is 9.77. The van der Waals surface area contributed by atoms with E-state index in [0.717, 1.165) is 12.8 Å². The first kappa shape index (κ1) is 17.0. The molecule has 0 saturated carbocycles. The molecule has 0 bridgehead atoms. The zero-order chi connectivity index (χ0) is 15.5. The van der Waals surface area contributed by atoms with E-state index >= 15 is 0 Å². The number of ether oxygens (including phenoxy) is 1. The molecule has 0 heterocycles. The van der Waals surface area contributed by atoms with Gasteiger partial charge < -0.3 is 20.1 Å². The summed E-state index contributed by atoms with van der Waals surface area (Å²) in [4.78, 5) is 23.9. The van der Waals surface area contributed by atoms with Gasteiger partial charge in [0.1, 0.15) is 6.54 Å². The SMILES string of the molecule is COCCN(CC(=O)O)C(=O)NCCCc1ccccc1. The van der Waals surface area contributed by atoms with Crippen LogP contribution in [0.3, 0.4) is 0 Å². The summed E-state index contributed by atoms with van der Waals surface area (Å²) in [5.74, 6) is -1.04. The summed E-state index contributed by atoms with van der Waals surface area (Å²) in [6.45, 7) is 0.753. The van der Waals surface area contributed by atoms with Gasteiger partial charge in [0, 0.05) is 20.2 Å². The van der Waals surface area contributed by atoms with Crippen molar-refractivity contribution in [3.8, 4) is 0 Å². The molecule has 0 spiro atoms. The van der Waals surface area contributed by atoms with Crippen molar-refractivity contribution in [2.45, 2.75) is 12.8 Å². The molecule has 0 aliphatic carbocycles. The first-order valence-electron chi connectivity index (χ1n) is 6.91. The van der Waals surface area contributed by atoms with Crippen LogP contribution in [-0.2, 0) is 16.0 Å². The fraction of sp³-hybridized carbons (Fsp3) is 0.467. The number of hydrogen-bond donors (Lipinski definition) is 2. The van der Waals surface area contributed by atoms with Crippen molar-refractivity contribution in [1.29, 1.82) is 0 Å². The van der Waals surface area contributed by atoms with Gasteiger partial charge in [-0.15, -0.1) is 0 Å². The Kier molecular flexibility index (Phi) is 7.89. The second-order valence-electron chi connectivity index (χ2n) is 4.63. The molecule has 0 fully saturated rings. The van der Waals surface area contributed by atoms with Crippen molar-refractivity contribution in [2.75, 3.05) is 33.4 Å². The van der Waals surface area contributed by atoms with Crippen molar-refractivity contribution < 1.29 is 19.4 Å². The standard InChI is InChI=1S/C15H22N2O4/c1-21-11-10-17(12-14(18)19)15(20)16-9-5-8-13-6-3-2-4-7-13/h2-4,6-7H,5,8-12H2,1H3,(H,16,20)(H,18,19). The molecular weight excluding hydrogens is 272 g/mol. The Morgan fingerprint density at radius 3 is 2.62 bits per heavy atom. The summed E-state index contributed by atoms with van der Waals surface area (Å²) in [5, 5.41) is 11.5. The molecule has 0 aliphatic heterocycles. The van der Waals surface area contributed by atoms with Crippen molar-refractivity contribution in [3.05, 3.63) is 35.9 Å². The van der Waals surface area contributed by atoms with Crippen LogP contribution in [0.1, 0.15) is 12.0 Å². The Morgan fingerprint density at radius 1 is 1.29 bits per heavy atom. The zero-order valence-electron chi connectivity index (χ0n) is 12.2. The maximum absolute atomic E-state index is 11.9. The van der Waals surface area contributed by atoms with E-state index in [9.17, 15) is 9.59 Å². The van der Waals surface area contributed by atoms with Gasteiger partial charge in [-0.2, -0.15) is 0 Å². The average molecular weight is 294 g/mol. The molecule has 1 aromatic rings. The fourth-order valence-electron chi connectivity index (χ4n) is 1.86. The van der Waals surface area contributed by atoms with Gasteiger partial charge in [0.05, 0.1) is 6.61 Å². The Balaban J connectivity index is 2.30. The largest absolute Gasteiger partial charge is 0.480 e. The van der Waals surface area contributed by atoms with Crippen LogP contribution in [0.2, 0.25) is 0 Å². The van der Waals surface area contributed by atoms with Crippen molar-refractivity contribution in [1.82, 2.24) is 10.2 Å². The highest BCUT2D eigenvalue weighted by atomic mass is 16.5. The number of amides is 2. The maximum Gasteiger partial charge on any atom is 0.323 e. The van der Waals surface area contributed by atoms with Gasteiger partial charge in [-0.25, -0.2) is 4.79 Å². The molecule has 1 aromatic carbocycles. The minimum Gasteiger partial charge on any atom is -0.480 e. The monoisotopic (exact) mass is 294 g/mol. The summed E-state index contributed by atoms with van der Waals surface area (Å²) >= 11 is 0. The highest BCUT2D eigenvalue weighted by Crippen LogP contribution is 2.01. The highest BCUT2D eigenvalue weighted by molar-refractivity contribution is 5.80. The minimum absolute atomic E-state index is 0.257. The number of benzene rings is 1. The van der Waals surface area contributed by atoms with Gasteiger partial charge in [0.2, 0.25) is 0 Å². The summed E-state index contributed by atoms with van der Waals surface area (Å²) in [5.41, 5.74) is 1.22. The Morgan fingerprint density at radius 2 is 2.00 bits per heavy atom. The van der Waals surface area contributed by atoms with Gasteiger partial charge in [-0.05, 0) is 18.4 Å². The van der Waals surface area contributed by atoms with Crippen molar-refractivity contribution in [2.24, 2.45) is 0 Å². The third-order valence-corrected chi connectivity index (χ3v) is 2.94. The molecular formula is C15H22N2O4. The number of rotatable bonds is 9. The molecule has 0 aliphatic rings. The van der Waals surface area contributed by atoms with Crippen LogP contribution < -0.4 is 5.32 Å². The van der Waals surface area contributed by atoms with E-state index in [-0.39, 0.29) is 19.1 Å². The molecule has 2 N–H and O–H groups in total. The number of carboxylic acid groups (broad SMARTS) is 1. The smallest absolute Gasteiger partial charge is 0.323 e. The van der Waals surface area contributed by atoms with Crippen LogP contribution in [0.25, 0.3) is 0 Å². The Bertz CT molecular complexity index is 437. The molecule has 21 heavy (non-hydrogen) atoms. The third kappa shape index (κ3) is 7.31. The average Bonchev–Trinajstić information content (AvgIpc) is 2.48. The third-order valence-electron chi connectivity index (χ3n) is 2.94. The second-order valence-corrected chi connectivity index (χ2v) is 4.63. The number of urea groups is 1. The molecule has 0 unspecified atom stereocenters. The Labute approximate surface area is 124 Å². The normalized spacial score (nSPS) is 10.1.